The minimum absolute atomic E-state index is 0.0591. The number of hydrogen-bond acceptors (Lipinski definition) is 5. The zero-order valence-electron chi connectivity index (χ0n) is 16.1. The van der Waals surface area contributed by atoms with E-state index in [0.29, 0.717) is 11.3 Å². The average molecular weight is 415 g/mol. The van der Waals surface area contributed by atoms with Gasteiger partial charge in [0, 0.05) is 24.4 Å². The number of benzene rings is 2. The van der Waals surface area contributed by atoms with Crippen molar-refractivity contribution in [2.24, 2.45) is 0 Å². The first-order valence-electron chi connectivity index (χ1n) is 9.27. The van der Waals surface area contributed by atoms with Crippen LogP contribution in [0, 0.1) is 24.0 Å². The van der Waals surface area contributed by atoms with Crippen molar-refractivity contribution in [2.45, 2.75) is 32.5 Å². The highest BCUT2D eigenvalue weighted by atomic mass is 32.2. The van der Waals surface area contributed by atoms with Gasteiger partial charge in [0.15, 0.2) is 9.84 Å². The first-order valence-corrected chi connectivity index (χ1v) is 11.1. The van der Waals surface area contributed by atoms with Gasteiger partial charge >= 0.3 is 6.03 Å². The Kier molecular flexibility index (Phi) is 4.57. The first kappa shape index (κ1) is 19.4. The molecule has 0 N–H and O–H groups in total. The van der Waals surface area contributed by atoms with Crippen LogP contribution in [0.4, 0.5) is 16.2 Å². The number of sulfone groups is 1. The molecule has 4 rings (SSSR count). The van der Waals surface area contributed by atoms with Gasteiger partial charge in [0.25, 0.3) is 5.69 Å². The number of rotatable bonds is 4. The van der Waals surface area contributed by atoms with Gasteiger partial charge in [0.2, 0.25) is 0 Å². The van der Waals surface area contributed by atoms with E-state index in [4.69, 9.17) is 0 Å². The lowest BCUT2D eigenvalue weighted by Gasteiger charge is -2.24. The average Bonchev–Trinajstić information content (AvgIpc) is 3.08. The molecule has 0 radical (unpaired) electrons. The fraction of sp³-hybridized carbons (Fsp3) is 0.350. The van der Waals surface area contributed by atoms with Crippen LogP contribution in [0.5, 0.6) is 0 Å². The van der Waals surface area contributed by atoms with E-state index in [-0.39, 0.29) is 29.8 Å². The summed E-state index contributed by atoms with van der Waals surface area (Å²) in [5.41, 5.74) is 3.12. The van der Waals surface area contributed by atoms with E-state index in [2.05, 4.69) is 0 Å². The van der Waals surface area contributed by atoms with Crippen LogP contribution in [0.3, 0.4) is 0 Å². The molecular formula is C20H21N3O5S. The summed E-state index contributed by atoms with van der Waals surface area (Å²) in [4.78, 5) is 27.1. The topological polar surface area (TPSA) is 101 Å². The van der Waals surface area contributed by atoms with E-state index in [1.165, 1.54) is 17.0 Å². The summed E-state index contributed by atoms with van der Waals surface area (Å²) >= 11 is 0. The third-order valence-electron chi connectivity index (χ3n) is 5.58. The van der Waals surface area contributed by atoms with E-state index in [0.717, 1.165) is 11.1 Å². The highest BCUT2D eigenvalue weighted by Gasteiger charge is 2.54. The van der Waals surface area contributed by atoms with Crippen molar-refractivity contribution >= 4 is 27.2 Å². The zero-order valence-corrected chi connectivity index (χ0v) is 16.9. The van der Waals surface area contributed by atoms with Crippen LogP contribution in [0.1, 0.15) is 16.7 Å². The fourth-order valence-corrected chi connectivity index (χ4v) is 6.14. The van der Waals surface area contributed by atoms with Gasteiger partial charge in [-0.25, -0.2) is 13.2 Å². The SMILES string of the molecule is Cc1ccc(C)c(N2C(=O)N(Cc3cccc([N+](=O)[O-])c3)[C@@H]3CS(=O)(=O)C[C@H]32)c1. The molecule has 2 aromatic rings. The first-order chi connectivity index (χ1) is 13.7. The van der Waals surface area contributed by atoms with Crippen molar-refractivity contribution in [1.82, 2.24) is 4.90 Å². The van der Waals surface area contributed by atoms with Gasteiger partial charge in [-0.2, -0.15) is 0 Å². The molecule has 2 atom stereocenters. The van der Waals surface area contributed by atoms with Crippen LogP contribution >= 0.6 is 0 Å². The number of anilines is 1. The fourth-order valence-electron chi connectivity index (χ4n) is 4.19. The smallest absolute Gasteiger partial charge is 0.314 e. The monoisotopic (exact) mass is 415 g/mol. The number of aryl methyl sites for hydroxylation is 2. The number of fused-ring (bicyclic) bond motifs is 1. The summed E-state index contributed by atoms with van der Waals surface area (Å²) in [6.07, 6.45) is 0. The molecule has 0 aromatic heterocycles. The molecule has 0 aliphatic carbocycles. The van der Waals surface area contributed by atoms with E-state index in [1.54, 1.807) is 17.0 Å². The maximum atomic E-state index is 13.3. The molecular weight excluding hydrogens is 394 g/mol. The highest BCUT2D eigenvalue weighted by Crippen LogP contribution is 2.37. The van der Waals surface area contributed by atoms with Crippen LogP contribution in [0.15, 0.2) is 42.5 Å². The summed E-state index contributed by atoms with van der Waals surface area (Å²) in [6, 6.07) is 10.6. The molecule has 0 bridgehead atoms. The van der Waals surface area contributed by atoms with Crippen LogP contribution in [0.2, 0.25) is 0 Å². The number of carbonyl (C=O) groups excluding carboxylic acids is 1. The van der Waals surface area contributed by atoms with Gasteiger partial charge < -0.3 is 4.90 Å². The van der Waals surface area contributed by atoms with Crippen LogP contribution in [0.25, 0.3) is 0 Å². The Morgan fingerprint density at radius 3 is 2.55 bits per heavy atom. The van der Waals surface area contributed by atoms with E-state index >= 15 is 0 Å². The lowest BCUT2D eigenvalue weighted by molar-refractivity contribution is -0.384. The Bertz CT molecular complexity index is 1110. The summed E-state index contributed by atoms with van der Waals surface area (Å²) in [6.45, 7) is 3.94. The van der Waals surface area contributed by atoms with Gasteiger partial charge in [-0.1, -0.05) is 24.3 Å². The molecule has 29 heavy (non-hydrogen) atoms. The van der Waals surface area contributed by atoms with Gasteiger partial charge in [0.05, 0.1) is 28.5 Å². The molecule has 152 valence electrons. The Morgan fingerprint density at radius 1 is 1.10 bits per heavy atom. The Hall–Kier alpha value is -2.94. The molecule has 2 saturated heterocycles. The number of nitro groups is 1. The number of urea groups is 1. The number of non-ortho nitro benzene ring substituents is 1. The lowest BCUT2D eigenvalue weighted by Crippen LogP contribution is -2.38. The van der Waals surface area contributed by atoms with Crippen molar-refractivity contribution in [3.05, 3.63) is 69.3 Å². The molecule has 2 aromatic carbocycles. The number of carbonyl (C=O) groups is 1. The Labute approximate surface area is 168 Å². The molecule has 9 heteroatoms. The van der Waals surface area contributed by atoms with Crippen molar-refractivity contribution in [3.63, 3.8) is 0 Å². The normalized spacial score (nSPS) is 22.8. The molecule has 0 saturated carbocycles. The Morgan fingerprint density at radius 2 is 1.83 bits per heavy atom. The van der Waals surface area contributed by atoms with Crippen LogP contribution in [-0.4, -0.2) is 47.9 Å². The number of amides is 2. The Balaban J connectivity index is 1.73. The summed E-state index contributed by atoms with van der Waals surface area (Å²) in [5.74, 6) is -0.179. The standard InChI is InChI=1S/C20H21N3O5S/c1-13-6-7-14(2)17(8-13)22-19-12-29(27,28)11-18(19)21(20(22)24)10-15-4-3-5-16(9-15)23(25)26/h3-9,18-19H,10-12H2,1-2H3/t18-,19-/m1/s1. The maximum absolute atomic E-state index is 13.3. The predicted octanol–water partition coefficient (Wildman–Crippen LogP) is 2.82. The van der Waals surface area contributed by atoms with Crippen molar-refractivity contribution in [3.8, 4) is 0 Å². The zero-order chi connectivity index (χ0) is 20.9. The molecule has 2 fully saturated rings. The molecule has 2 aliphatic heterocycles. The summed E-state index contributed by atoms with van der Waals surface area (Å²) in [5, 5.41) is 11.1. The minimum atomic E-state index is -3.28. The highest BCUT2D eigenvalue weighted by molar-refractivity contribution is 7.91. The second-order valence-corrected chi connectivity index (χ2v) is 9.86. The molecule has 2 aliphatic rings. The van der Waals surface area contributed by atoms with Crippen LogP contribution in [-0.2, 0) is 16.4 Å². The lowest BCUT2D eigenvalue weighted by atomic mass is 10.1. The van der Waals surface area contributed by atoms with Crippen LogP contribution < -0.4 is 4.90 Å². The molecule has 8 nitrogen and oxygen atoms in total. The summed E-state index contributed by atoms with van der Waals surface area (Å²) < 4.78 is 24.7. The predicted molar refractivity (Wildman–Crippen MR) is 109 cm³/mol. The van der Waals surface area contributed by atoms with E-state index in [1.807, 2.05) is 32.0 Å². The van der Waals surface area contributed by atoms with Crippen molar-refractivity contribution in [1.29, 1.82) is 0 Å². The van der Waals surface area contributed by atoms with Gasteiger partial charge in [-0.05, 0) is 36.6 Å². The number of nitrogens with zero attached hydrogens (tertiary/aromatic N) is 3. The second-order valence-electron chi connectivity index (χ2n) is 7.71. The number of hydrogen-bond donors (Lipinski definition) is 0. The quantitative estimate of drug-likeness (QED) is 0.434. The van der Waals surface area contributed by atoms with Gasteiger partial charge in [0.1, 0.15) is 0 Å². The third kappa shape index (κ3) is 3.46. The van der Waals surface area contributed by atoms with E-state index in [9.17, 15) is 23.3 Å². The number of nitro benzene ring substituents is 1. The van der Waals surface area contributed by atoms with E-state index < -0.39 is 26.8 Å². The van der Waals surface area contributed by atoms with Gasteiger partial charge in [-0.3, -0.25) is 15.0 Å². The molecule has 0 spiro atoms. The second kappa shape index (κ2) is 6.84. The van der Waals surface area contributed by atoms with Gasteiger partial charge in [-0.15, -0.1) is 0 Å². The molecule has 2 heterocycles. The summed E-state index contributed by atoms with van der Waals surface area (Å²) in [7, 11) is -3.28. The van der Waals surface area contributed by atoms with Crippen molar-refractivity contribution < 1.29 is 18.1 Å². The molecule has 0 unspecified atom stereocenters. The minimum Gasteiger partial charge on any atom is -0.314 e. The van der Waals surface area contributed by atoms with Crippen molar-refractivity contribution in [2.75, 3.05) is 16.4 Å². The maximum Gasteiger partial charge on any atom is 0.325 e. The largest absolute Gasteiger partial charge is 0.325 e. The third-order valence-corrected chi connectivity index (χ3v) is 7.27. The molecule has 2 amide bonds.